The number of anilines is 1. The molecule has 4 heterocycles. The van der Waals surface area contributed by atoms with Crippen molar-refractivity contribution in [2.45, 2.75) is 31.8 Å². The molecule has 0 spiro atoms. The molecule has 2 aromatic heterocycles. The molecule has 1 unspecified atom stereocenters. The van der Waals surface area contributed by atoms with Gasteiger partial charge in [0.15, 0.2) is 10.8 Å². The van der Waals surface area contributed by atoms with Gasteiger partial charge in [-0.25, -0.2) is 4.98 Å². The van der Waals surface area contributed by atoms with Gasteiger partial charge in [-0.1, -0.05) is 0 Å². The molecular weight excluding hydrogens is 328 g/mol. The summed E-state index contributed by atoms with van der Waals surface area (Å²) < 4.78 is 0. The molecule has 1 saturated heterocycles. The number of hydrogen-bond acceptors (Lipinski definition) is 6. The first kappa shape index (κ1) is 15.3. The lowest BCUT2D eigenvalue weighted by molar-refractivity contribution is -0.119. The summed E-state index contributed by atoms with van der Waals surface area (Å²) in [5.41, 5.74) is 2.38. The van der Waals surface area contributed by atoms with Crippen LogP contribution in [-0.2, 0) is 17.8 Å². The van der Waals surface area contributed by atoms with Crippen molar-refractivity contribution in [1.82, 2.24) is 25.4 Å². The summed E-state index contributed by atoms with van der Waals surface area (Å²) in [5.74, 6) is -0.355. The number of carbonyl (C=O) groups is 2. The molecule has 9 heteroatoms. The number of carbonyl (C=O) groups excluding carboxylic acids is 2. The van der Waals surface area contributed by atoms with Crippen LogP contribution < -0.4 is 10.6 Å². The number of nitrogens with one attached hydrogen (secondary N) is 3. The highest BCUT2D eigenvalue weighted by atomic mass is 32.1. The smallest absolute Gasteiger partial charge is 0.275 e. The zero-order valence-electron chi connectivity index (χ0n) is 13.0. The van der Waals surface area contributed by atoms with Gasteiger partial charge in [0.2, 0.25) is 5.91 Å². The summed E-state index contributed by atoms with van der Waals surface area (Å²) in [4.78, 5) is 31.1. The van der Waals surface area contributed by atoms with E-state index in [1.165, 1.54) is 11.3 Å². The standard InChI is InChI=1S/C15H18N6O2S/c22-13(18-15-17-5-7-24-15)11-2-1-6-21(11)14(23)12-9-8-16-4-3-10(9)19-20-12/h5,7,11,16H,1-4,6,8H2,(H,19,20)(H,17,18,22). The van der Waals surface area contributed by atoms with Gasteiger partial charge >= 0.3 is 0 Å². The first-order valence-electron chi connectivity index (χ1n) is 8.02. The lowest BCUT2D eigenvalue weighted by Crippen LogP contribution is -2.43. The molecule has 2 amide bonds. The summed E-state index contributed by atoms with van der Waals surface area (Å²) >= 11 is 1.36. The van der Waals surface area contributed by atoms with E-state index >= 15 is 0 Å². The third-order valence-corrected chi connectivity index (χ3v) is 5.18. The fraction of sp³-hybridized carbons (Fsp3) is 0.467. The van der Waals surface area contributed by atoms with E-state index in [0.29, 0.717) is 30.3 Å². The molecule has 0 aromatic carbocycles. The van der Waals surface area contributed by atoms with E-state index in [-0.39, 0.29) is 11.8 Å². The Balaban J connectivity index is 1.53. The number of fused-ring (bicyclic) bond motifs is 1. The minimum Gasteiger partial charge on any atom is -0.325 e. The van der Waals surface area contributed by atoms with Crippen molar-refractivity contribution >= 4 is 28.3 Å². The van der Waals surface area contributed by atoms with Gasteiger partial charge in [-0.15, -0.1) is 11.3 Å². The first-order valence-corrected chi connectivity index (χ1v) is 8.90. The third-order valence-electron chi connectivity index (χ3n) is 4.49. The van der Waals surface area contributed by atoms with Crippen molar-refractivity contribution in [2.24, 2.45) is 0 Å². The van der Waals surface area contributed by atoms with E-state index in [1.54, 1.807) is 16.5 Å². The molecule has 0 radical (unpaired) electrons. The average Bonchev–Trinajstić information content (AvgIpc) is 3.34. The van der Waals surface area contributed by atoms with Crippen molar-refractivity contribution in [3.63, 3.8) is 0 Å². The van der Waals surface area contributed by atoms with Gasteiger partial charge in [-0.05, 0) is 12.8 Å². The van der Waals surface area contributed by atoms with Gasteiger partial charge < -0.3 is 15.5 Å². The number of amides is 2. The lowest BCUT2D eigenvalue weighted by Gasteiger charge is -2.23. The molecule has 2 aliphatic heterocycles. The minimum absolute atomic E-state index is 0.173. The molecule has 0 saturated carbocycles. The van der Waals surface area contributed by atoms with Crippen LogP contribution in [0, 0.1) is 0 Å². The molecule has 1 atom stereocenters. The zero-order valence-corrected chi connectivity index (χ0v) is 13.9. The van der Waals surface area contributed by atoms with Crippen LogP contribution in [0.2, 0.25) is 0 Å². The minimum atomic E-state index is -0.467. The number of hydrogen-bond donors (Lipinski definition) is 3. The topological polar surface area (TPSA) is 103 Å². The maximum Gasteiger partial charge on any atom is 0.275 e. The number of nitrogens with zero attached hydrogens (tertiary/aromatic N) is 3. The molecule has 0 bridgehead atoms. The van der Waals surface area contributed by atoms with E-state index in [0.717, 1.165) is 30.6 Å². The molecule has 8 nitrogen and oxygen atoms in total. The van der Waals surface area contributed by atoms with Crippen LogP contribution in [-0.4, -0.2) is 51.0 Å². The maximum absolute atomic E-state index is 12.9. The molecule has 24 heavy (non-hydrogen) atoms. The van der Waals surface area contributed by atoms with Gasteiger partial charge in [0.1, 0.15) is 6.04 Å². The predicted octanol–water partition coefficient (Wildman–Crippen LogP) is 0.755. The van der Waals surface area contributed by atoms with Crippen LogP contribution in [0.25, 0.3) is 0 Å². The largest absolute Gasteiger partial charge is 0.325 e. The number of thiazole rings is 1. The average molecular weight is 346 g/mol. The highest BCUT2D eigenvalue weighted by molar-refractivity contribution is 7.13. The highest BCUT2D eigenvalue weighted by Crippen LogP contribution is 2.24. The summed E-state index contributed by atoms with van der Waals surface area (Å²) in [6.07, 6.45) is 3.95. The maximum atomic E-state index is 12.9. The molecule has 126 valence electrons. The molecule has 2 aromatic rings. The molecule has 4 rings (SSSR count). The van der Waals surface area contributed by atoms with Crippen LogP contribution in [0.3, 0.4) is 0 Å². The Kier molecular flexibility index (Phi) is 4.03. The van der Waals surface area contributed by atoms with Crippen molar-refractivity contribution < 1.29 is 9.59 Å². The lowest BCUT2D eigenvalue weighted by atomic mass is 10.1. The Bertz CT molecular complexity index is 756. The number of aromatic amines is 1. The van der Waals surface area contributed by atoms with Crippen molar-refractivity contribution in [3.05, 3.63) is 28.5 Å². The van der Waals surface area contributed by atoms with Gasteiger partial charge in [-0.3, -0.25) is 14.7 Å². The van der Waals surface area contributed by atoms with E-state index in [9.17, 15) is 9.59 Å². The number of aromatic nitrogens is 3. The second kappa shape index (κ2) is 6.33. The van der Waals surface area contributed by atoms with Gasteiger partial charge in [0.25, 0.3) is 5.91 Å². The van der Waals surface area contributed by atoms with Crippen LogP contribution in [0.15, 0.2) is 11.6 Å². The highest BCUT2D eigenvalue weighted by Gasteiger charge is 2.37. The Morgan fingerprint density at radius 2 is 2.33 bits per heavy atom. The van der Waals surface area contributed by atoms with Crippen LogP contribution in [0.1, 0.15) is 34.6 Å². The number of H-pyrrole nitrogens is 1. The Morgan fingerprint density at radius 1 is 1.42 bits per heavy atom. The van der Waals surface area contributed by atoms with Crippen LogP contribution >= 0.6 is 11.3 Å². The SMILES string of the molecule is O=C(Nc1nccs1)C1CCCN1C(=O)c1n[nH]c2c1CNCC2. The molecule has 1 fully saturated rings. The zero-order chi connectivity index (χ0) is 16.5. The van der Waals surface area contributed by atoms with Crippen LogP contribution in [0.5, 0.6) is 0 Å². The normalized spacial score (nSPS) is 20.0. The quantitative estimate of drug-likeness (QED) is 0.761. The third kappa shape index (κ3) is 2.69. The van der Waals surface area contributed by atoms with E-state index < -0.39 is 6.04 Å². The predicted molar refractivity (Wildman–Crippen MR) is 88.8 cm³/mol. The van der Waals surface area contributed by atoms with Crippen molar-refractivity contribution in [3.8, 4) is 0 Å². The van der Waals surface area contributed by atoms with Crippen molar-refractivity contribution in [1.29, 1.82) is 0 Å². The Morgan fingerprint density at radius 3 is 3.17 bits per heavy atom. The first-order chi connectivity index (χ1) is 11.7. The van der Waals surface area contributed by atoms with Crippen LogP contribution in [0.4, 0.5) is 5.13 Å². The van der Waals surface area contributed by atoms with E-state index in [2.05, 4.69) is 25.8 Å². The number of rotatable bonds is 3. The van der Waals surface area contributed by atoms with Crippen molar-refractivity contribution in [2.75, 3.05) is 18.4 Å². The molecule has 2 aliphatic rings. The van der Waals surface area contributed by atoms with Gasteiger partial charge in [0, 0.05) is 48.9 Å². The second-order valence-corrected chi connectivity index (χ2v) is 6.83. The van der Waals surface area contributed by atoms with E-state index in [4.69, 9.17) is 0 Å². The summed E-state index contributed by atoms with van der Waals surface area (Å²) in [5, 5.41) is 15.6. The second-order valence-electron chi connectivity index (χ2n) is 5.94. The van der Waals surface area contributed by atoms with Gasteiger partial charge in [-0.2, -0.15) is 5.10 Å². The monoisotopic (exact) mass is 346 g/mol. The Labute approximate surface area is 142 Å². The summed E-state index contributed by atoms with van der Waals surface area (Å²) in [6.45, 7) is 2.09. The molecular formula is C15H18N6O2S. The fourth-order valence-electron chi connectivity index (χ4n) is 3.29. The number of likely N-dealkylation sites (tertiary alicyclic amines) is 1. The molecule has 3 N–H and O–H groups in total. The van der Waals surface area contributed by atoms with Gasteiger partial charge in [0.05, 0.1) is 0 Å². The van der Waals surface area contributed by atoms with E-state index in [1.807, 2.05) is 0 Å². The molecule has 0 aliphatic carbocycles. The fourth-order valence-corrected chi connectivity index (χ4v) is 3.83. The summed E-state index contributed by atoms with van der Waals surface area (Å²) in [7, 11) is 0. The Hall–Kier alpha value is -2.26. The summed E-state index contributed by atoms with van der Waals surface area (Å²) in [6, 6.07) is -0.467.